The average molecular weight is 379 g/mol. The van der Waals surface area contributed by atoms with Crippen LogP contribution in [0, 0.1) is 0 Å². The summed E-state index contributed by atoms with van der Waals surface area (Å²) in [5.41, 5.74) is -1.19. The van der Waals surface area contributed by atoms with Crippen LogP contribution in [-0.4, -0.2) is 58.3 Å². The normalized spacial score (nSPS) is 26.4. The quantitative estimate of drug-likeness (QED) is 0.606. The molecule has 0 radical (unpaired) electrons. The number of hydrogen-bond donors (Lipinski definition) is 2. The minimum Gasteiger partial charge on any atom is -0.322 e. The first-order chi connectivity index (χ1) is 9.76. The Morgan fingerprint density at radius 3 is 2.62 bits per heavy atom. The predicted octanol–water partition coefficient (Wildman–Crippen LogP) is -1.45. The number of aryl methyl sites for hydroxylation is 1. The highest BCUT2D eigenvalue weighted by Gasteiger charge is 2.53. The fourth-order valence-corrected chi connectivity index (χ4v) is 5.05. The van der Waals surface area contributed by atoms with Gasteiger partial charge in [-0.25, -0.2) is 17.9 Å². The van der Waals surface area contributed by atoms with Crippen LogP contribution >= 0.6 is 15.9 Å². The van der Waals surface area contributed by atoms with Gasteiger partial charge in [-0.3, -0.25) is 10.1 Å². The van der Waals surface area contributed by atoms with Crippen LogP contribution in [0.15, 0.2) is 9.63 Å². The van der Waals surface area contributed by atoms with Gasteiger partial charge < -0.3 is 5.32 Å². The van der Waals surface area contributed by atoms with Gasteiger partial charge in [-0.1, -0.05) is 5.21 Å². The van der Waals surface area contributed by atoms with Gasteiger partial charge in [0, 0.05) is 20.1 Å². The third-order valence-corrected chi connectivity index (χ3v) is 6.30. The molecule has 1 aromatic heterocycles. The van der Waals surface area contributed by atoms with E-state index in [0.29, 0.717) is 0 Å². The molecule has 2 N–H and O–H groups in total. The van der Waals surface area contributed by atoms with Crippen LogP contribution in [0.1, 0.15) is 6.42 Å². The Balaban J connectivity index is 1.93. The lowest BCUT2D eigenvalue weighted by Crippen LogP contribution is -2.49. The van der Waals surface area contributed by atoms with Crippen LogP contribution in [0.3, 0.4) is 0 Å². The Labute approximate surface area is 128 Å². The molecule has 0 saturated carbocycles. The zero-order valence-electron chi connectivity index (χ0n) is 10.8. The molecule has 0 bridgehead atoms. The first kappa shape index (κ1) is 14.4. The van der Waals surface area contributed by atoms with Gasteiger partial charge in [-0.2, -0.15) is 4.31 Å². The van der Waals surface area contributed by atoms with Crippen LogP contribution in [0.2, 0.25) is 0 Å². The molecule has 2 fully saturated rings. The molecule has 3 amide bonds. The minimum atomic E-state index is -3.87. The van der Waals surface area contributed by atoms with E-state index in [1.165, 1.54) is 7.05 Å². The number of aromatic nitrogens is 3. The van der Waals surface area contributed by atoms with Crippen molar-refractivity contribution in [2.24, 2.45) is 7.05 Å². The predicted molar refractivity (Wildman–Crippen MR) is 71.5 cm³/mol. The molecule has 2 aliphatic heterocycles. The van der Waals surface area contributed by atoms with E-state index in [0.717, 1.165) is 8.99 Å². The molecule has 3 rings (SSSR count). The van der Waals surface area contributed by atoms with Crippen LogP contribution in [-0.2, 0) is 21.9 Å². The lowest BCUT2D eigenvalue weighted by atomic mass is 10.00. The number of carbonyl (C=O) groups excluding carboxylic acids is 2. The number of nitrogens with zero attached hydrogens (tertiary/aromatic N) is 4. The van der Waals surface area contributed by atoms with Gasteiger partial charge in [-0.05, 0) is 22.4 Å². The van der Waals surface area contributed by atoms with E-state index in [-0.39, 0.29) is 29.1 Å². The SMILES string of the molecule is Cn1nnc(Br)c1S(=O)(=O)N1CCC2(C1)NC(=O)NC2=O. The third kappa shape index (κ3) is 2.05. The standard InChI is InChI=1S/C9H11BrN6O4S/c1-15-6(5(10)13-14-15)21(19,20)16-3-2-9(4-16)7(17)11-8(18)12-9/h2-4H2,1H3,(H2,11,12,17,18). The summed E-state index contributed by atoms with van der Waals surface area (Å²) in [5, 5.41) is 11.8. The van der Waals surface area contributed by atoms with E-state index in [9.17, 15) is 18.0 Å². The Kier molecular flexibility index (Phi) is 3.07. The molecule has 10 nitrogen and oxygen atoms in total. The summed E-state index contributed by atoms with van der Waals surface area (Å²) in [5.74, 6) is -0.507. The maximum Gasteiger partial charge on any atom is 0.322 e. The maximum absolute atomic E-state index is 12.6. The Morgan fingerprint density at radius 2 is 2.10 bits per heavy atom. The second-order valence-electron chi connectivity index (χ2n) is 4.89. The first-order valence-corrected chi connectivity index (χ1v) is 8.18. The summed E-state index contributed by atoms with van der Waals surface area (Å²) >= 11 is 3.05. The van der Waals surface area contributed by atoms with Crippen LogP contribution in [0.4, 0.5) is 4.79 Å². The van der Waals surface area contributed by atoms with Gasteiger partial charge in [0.2, 0.25) is 5.03 Å². The summed E-state index contributed by atoms with van der Waals surface area (Å²) in [6.07, 6.45) is 0.215. The van der Waals surface area contributed by atoms with Crippen molar-refractivity contribution in [2.45, 2.75) is 17.0 Å². The highest BCUT2D eigenvalue weighted by atomic mass is 79.9. The van der Waals surface area contributed by atoms with Gasteiger partial charge in [0.05, 0.1) is 0 Å². The monoisotopic (exact) mass is 378 g/mol. The van der Waals surface area contributed by atoms with Crippen molar-refractivity contribution in [3.8, 4) is 0 Å². The van der Waals surface area contributed by atoms with Crippen molar-refractivity contribution < 1.29 is 18.0 Å². The number of halogens is 1. The van der Waals surface area contributed by atoms with Crippen molar-refractivity contribution in [3.63, 3.8) is 0 Å². The number of nitrogens with one attached hydrogen (secondary N) is 2. The molecular formula is C9H11BrN6O4S. The molecule has 1 aromatic rings. The topological polar surface area (TPSA) is 126 Å². The largest absolute Gasteiger partial charge is 0.322 e. The molecule has 2 aliphatic rings. The zero-order chi connectivity index (χ0) is 15.4. The summed E-state index contributed by atoms with van der Waals surface area (Å²) in [6.45, 7) is -0.00181. The number of sulfonamides is 1. The average Bonchev–Trinajstić information content (AvgIpc) is 3.02. The highest BCUT2D eigenvalue weighted by molar-refractivity contribution is 9.10. The van der Waals surface area contributed by atoms with E-state index in [2.05, 4.69) is 36.9 Å². The first-order valence-electron chi connectivity index (χ1n) is 5.95. The lowest BCUT2D eigenvalue weighted by Gasteiger charge is -2.20. The fourth-order valence-electron chi connectivity index (χ4n) is 2.51. The van der Waals surface area contributed by atoms with Gasteiger partial charge in [0.15, 0.2) is 4.60 Å². The molecular weight excluding hydrogens is 368 g/mol. The fraction of sp³-hybridized carbons (Fsp3) is 0.556. The summed E-state index contributed by atoms with van der Waals surface area (Å²) in [7, 11) is -2.41. The van der Waals surface area contributed by atoms with Crippen molar-refractivity contribution in [1.82, 2.24) is 29.9 Å². The number of amides is 3. The number of imide groups is 1. The number of rotatable bonds is 2. The smallest absolute Gasteiger partial charge is 0.322 e. The van der Waals surface area contributed by atoms with E-state index in [1.807, 2.05) is 0 Å². The van der Waals surface area contributed by atoms with Crippen LogP contribution in [0.5, 0.6) is 0 Å². The zero-order valence-corrected chi connectivity index (χ0v) is 13.2. The minimum absolute atomic E-state index is 0.0933. The van der Waals surface area contributed by atoms with E-state index < -0.39 is 27.5 Å². The molecule has 2 saturated heterocycles. The number of carbonyl (C=O) groups is 2. The van der Waals surface area contributed by atoms with Crippen LogP contribution < -0.4 is 10.6 Å². The Morgan fingerprint density at radius 1 is 1.38 bits per heavy atom. The van der Waals surface area contributed by atoms with Crippen molar-refractivity contribution in [2.75, 3.05) is 13.1 Å². The van der Waals surface area contributed by atoms with E-state index in [4.69, 9.17) is 0 Å². The highest BCUT2D eigenvalue weighted by Crippen LogP contribution is 2.31. The molecule has 12 heteroatoms. The van der Waals surface area contributed by atoms with Crippen molar-refractivity contribution in [3.05, 3.63) is 4.60 Å². The molecule has 0 aliphatic carbocycles. The molecule has 0 aromatic carbocycles. The molecule has 1 spiro atoms. The summed E-state index contributed by atoms with van der Waals surface area (Å²) in [4.78, 5) is 23.1. The summed E-state index contributed by atoms with van der Waals surface area (Å²) < 4.78 is 27.6. The molecule has 21 heavy (non-hydrogen) atoms. The molecule has 3 heterocycles. The second-order valence-corrected chi connectivity index (χ2v) is 7.49. The van der Waals surface area contributed by atoms with Gasteiger partial charge in [0.1, 0.15) is 5.54 Å². The van der Waals surface area contributed by atoms with Crippen molar-refractivity contribution in [1.29, 1.82) is 0 Å². The Bertz CT molecular complexity index is 726. The lowest BCUT2D eigenvalue weighted by molar-refractivity contribution is -0.123. The third-order valence-electron chi connectivity index (χ3n) is 3.57. The summed E-state index contributed by atoms with van der Waals surface area (Å²) in [6, 6.07) is -0.609. The van der Waals surface area contributed by atoms with E-state index in [1.54, 1.807) is 0 Å². The van der Waals surface area contributed by atoms with Crippen molar-refractivity contribution >= 4 is 37.9 Å². The van der Waals surface area contributed by atoms with Gasteiger partial charge in [0.25, 0.3) is 15.9 Å². The Hall–Kier alpha value is -1.53. The van der Waals surface area contributed by atoms with Gasteiger partial charge >= 0.3 is 6.03 Å². The molecule has 114 valence electrons. The van der Waals surface area contributed by atoms with E-state index >= 15 is 0 Å². The van der Waals surface area contributed by atoms with Gasteiger partial charge in [-0.15, -0.1) is 5.10 Å². The number of hydrogen-bond acceptors (Lipinski definition) is 6. The molecule has 1 atom stereocenters. The van der Waals surface area contributed by atoms with Crippen LogP contribution in [0.25, 0.3) is 0 Å². The maximum atomic E-state index is 12.6. The second kappa shape index (κ2) is 4.48. The number of urea groups is 1. The molecule has 1 unspecified atom stereocenters.